The van der Waals surface area contributed by atoms with Crippen LogP contribution in [0.4, 0.5) is 0 Å². The fraction of sp³-hybridized carbons (Fsp3) is 0.571. The molecule has 1 saturated carbocycles. The van der Waals surface area contributed by atoms with Gasteiger partial charge in [-0.2, -0.15) is 0 Å². The Hall–Kier alpha value is -2.57. The molecular formula is C21H32N6O. The summed E-state index contributed by atoms with van der Waals surface area (Å²) in [6.07, 6.45) is 7.49. The van der Waals surface area contributed by atoms with E-state index < -0.39 is 0 Å². The van der Waals surface area contributed by atoms with Crippen LogP contribution in [-0.2, 0) is 18.4 Å². The number of para-hydroxylation sites is 1. The molecule has 152 valence electrons. The fourth-order valence-electron chi connectivity index (χ4n) is 4.18. The molecule has 0 radical (unpaired) electrons. The Morgan fingerprint density at radius 2 is 2.04 bits per heavy atom. The van der Waals surface area contributed by atoms with Gasteiger partial charge in [0, 0.05) is 44.1 Å². The minimum absolute atomic E-state index is 0.0911. The third-order valence-corrected chi connectivity index (χ3v) is 5.71. The number of methoxy groups -OCH3 is 1. The lowest BCUT2D eigenvalue weighted by Gasteiger charge is -2.32. The molecule has 1 heterocycles. The predicted octanol–water partition coefficient (Wildman–Crippen LogP) is 2.53. The van der Waals surface area contributed by atoms with Crippen molar-refractivity contribution in [3.05, 3.63) is 42.0 Å². The molecular weight excluding hydrogens is 352 g/mol. The molecule has 1 aliphatic rings. The van der Waals surface area contributed by atoms with Crippen molar-refractivity contribution >= 4 is 5.96 Å². The fourth-order valence-corrected chi connectivity index (χ4v) is 4.18. The molecule has 0 unspecified atom stereocenters. The maximum atomic E-state index is 5.66. The van der Waals surface area contributed by atoms with Crippen LogP contribution in [0.5, 0.6) is 5.75 Å². The van der Waals surface area contributed by atoms with Crippen molar-refractivity contribution in [1.82, 2.24) is 25.4 Å². The molecule has 7 heteroatoms. The quantitative estimate of drug-likeness (QED) is 0.540. The highest BCUT2D eigenvalue weighted by atomic mass is 16.5. The van der Waals surface area contributed by atoms with Gasteiger partial charge in [0.05, 0.1) is 7.11 Å². The minimum atomic E-state index is 0.0911. The van der Waals surface area contributed by atoms with Gasteiger partial charge in [-0.15, -0.1) is 10.2 Å². The number of nitrogens with zero attached hydrogens (tertiary/aromatic N) is 4. The highest BCUT2D eigenvalue weighted by Gasteiger charge is 2.37. The summed E-state index contributed by atoms with van der Waals surface area (Å²) >= 11 is 0. The highest BCUT2D eigenvalue weighted by Crippen LogP contribution is 2.44. The van der Waals surface area contributed by atoms with E-state index in [-0.39, 0.29) is 5.41 Å². The van der Waals surface area contributed by atoms with Crippen molar-refractivity contribution in [3.8, 4) is 5.75 Å². The van der Waals surface area contributed by atoms with Gasteiger partial charge in [-0.1, -0.05) is 38.0 Å². The zero-order valence-corrected chi connectivity index (χ0v) is 17.2. The first-order valence-electron chi connectivity index (χ1n) is 10.2. The van der Waals surface area contributed by atoms with Crippen LogP contribution in [-0.4, -0.2) is 48.0 Å². The van der Waals surface area contributed by atoms with Gasteiger partial charge in [-0.3, -0.25) is 4.99 Å². The number of hydrogen-bond acceptors (Lipinski definition) is 4. The number of benzene rings is 1. The Kier molecular flexibility index (Phi) is 6.90. The van der Waals surface area contributed by atoms with Gasteiger partial charge in [0.15, 0.2) is 5.96 Å². The average Bonchev–Trinajstić information content (AvgIpc) is 3.40. The summed E-state index contributed by atoms with van der Waals surface area (Å²) in [5.41, 5.74) is 1.39. The van der Waals surface area contributed by atoms with Crippen LogP contribution < -0.4 is 15.4 Å². The Morgan fingerprint density at radius 1 is 1.25 bits per heavy atom. The summed E-state index contributed by atoms with van der Waals surface area (Å²) in [5.74, 6) is 2.81. The lowest BCUT2D eigenvalue weighted by molar-refractivity contribution is 0.371. The first-order chi connectivity index (χ1) is 13.7. The number of guanidine groups is 1. The monoisotopic (exact) mass is 384 g/mol. The van der Waals surface area contributed by atoms with E-state index in [1.54, 1.807) is 13.4 Å². The number of aryl methyl sites for hydroxylation is 1. The largest absolute Gasteiger partial charge is 0.496 e. The van der Waals surface area contributed by atoms with Crippen molar-refractivity contribution in [1.29, 1.82) is 0 Å². The first-order valence-corrected chi connectivity index (χ1v) is 10.2. The van der Waals surface area contributed by atoms with Crippen molar-refractivity contribution in [2.24, 2.45) is 4.99 Å². The summed E-state index contributed by atoms with van der Waals surface area (Å²) in [4.78, 5) is 4.40. The van der Waals surface area contributed by atoms with Crippen LogP contribution >= 0.6 is 0 Å². The van der Waals surface area contributed by atoms with Gasteiger partial charge < -0.3 is 19.9 Å². The maximum Gasteiger partial charge on any atom is 0.191 e. The van der Waals surface area contributed by atoms with Crippen LogP contribution in [0, 0.1) is 0 Å². The first kappa shape index (κ1) is 20.2. The number of rotatable bonds is 8. The van der Waals surface area contributed by atoms with E-state index in [0.29, 0.717) is 0 Å². The molecule has 1 aliphatic carbocycles. The molecule has 0 bridgehead atoms. The van der Waals surface area contributed by atoms with Crippen LogP contribution in [0.15, 0.2) is 35.6 Å². The van der Waals surface area contributed by atoms with E-state index in [1.807, 2.05) is 13.1 Å². The SMILES string of the molecule is CCc1nncn1CCNC(=NC)NCC1(c2ccccc2OC)CCCC1. The molecule has 0 spiro atoms. The van der Waals surface area contributed by atoms with Crippen LogP contribution in [0.1, 0.15) is 44.0 Å². The number of hydrogen-bond donors (Lipinski definition) is 2. The number of aromatic nitrogens is 3. The summed E-state index contributed by atoms with van der Waals surface area (Å²) in [6.45, 7) is 4.52. The van der Waals surface area contributed by atoms with Crippen molar-refractivity contribution in [2.45, 2.75) is 51.0 Å². The van der Waals surface area contributed by atoms with E-state index >= 15 is 0 Å². The molecule has 0 aliphatic heterocycles. The summed E-state index contributed by atoms with van der Waals surface area (Å²) < 4.78 is 7.73. The highest BCUT2D eigenvalue weighted by molar-refractivity contribution is 5.79. The number of nitrogens with one attached hydrogen (secondary N) is 2. The lowest BCUT2D eigenvalue weighted by Crippen LogP contribution is -2.45. The molecule has 28 heavy (non-hydrogen) atoms. The second-order valence-corrected chi connectivity index (χ2v) is 7.33. The third-order valence-electron chi connectivity index (χ3n) is 5.71. The van der Waals surface area contributed by atoms with Gasteiger partial charge in [0.25, 0.3) is 0 Å². The minimum Gasteiger partial charge on any atom is -0.496 e. The van der Waals surface area contributed by atoms with Gasteiger partial charge in [-0.25, -0.2) is 0 Å². The normalized spacial score (nSPS) is 16.2. The van der Waals surface area contributed by atoms with Crippen molar-refractivity contribution in [2.75, 3.05) is 27.2 Å². The zero-order valence-electron chi connectivity index (χ0n) is 17.2. The molecule has 1 fully saturated rings. The molecule has 2 N–H and O–H groups in total. The average molecular weight is 385 g/mol. The number of aliphatic imine (C=N–C) groups is 1. The van der Waals surface area contributed by atoms with Crippen molar-refractivity contribution in [3.63, 3.8) is 0 Å². The molecule has 1 aromatic carbocycles. The molecule has 3 rings (SSSR count). The second kappa shape index (κ2) is 9.57. The molecule has 1 aromatic heterocycles. The smallest absolute Gasteiger partial charge is 0.191 e. The Bertz CT molecular complexity index is 779. The van der Waals surface area contributed by atoms with Crippen LogP contribution in [0.2, 0.25) is 0 Å². The van der Waals surface area contributed by atoms with Gasteiger partial charge in [0.2, 0.25) is 0 Å². The zero-order chi connectivity index (χ0) is 19.8. The Morgan fingerprint density at radius 3 is 2.75 bits per heavy atom. The standard InChI is InChI=1S/C21H32N6O/c1-4-19-26-25-16-27(19)14-13-23-20(22-2)24-15-21(11-7-8-12-21)17-9-5-6-10-18(17)28-3/h5-6,9-10,16H,4,7-8,11-15H2,1-3H3,(H2,22,23,24). The van der Waals surface area contributed by atoms with Gasteiger partial charge >= 0.3 is 0 Å². The maximum absolute atomic E-state index is 5.66. The van der Waals surface area contributed by atoms with Crippen molar-refractivity contribution < 1.29 is 4.74 Å². The van der Waals surface area contributed by atoms with E-state index in [2.05, 4.69) is 55.5 Å². The Balaban J connectivity index is 1.61. The predicted molar refractivity (Wildman–Crippen MR) is 112 cm³/mol. The molecule has 0 atom stereocenters. The van der Waals surface area contributed by atoms with E-state index in [0.717, 1.165) is 56.4 Å². The van der Waals surface area contributed by atoms with Crippen LogP contribution in [0.25, 0.3) is 0 Å². The van der Waals surface area contributed by atoms with E-state index in [1.165, 1.54) is 18.4 Å². The number of ether oxygens (including phenoxy) is 1. The third kappa shape index (κ3) is 4.46. The lowest BCUT2D eigenvalue weighted by atomic mass is 9.78. The van der Waals surface area contributed by atoms with E-state index in [9.17, 15) is 0 Å². The summed E-state index contributed by atoms with van der Waals surface area (Å²) in [5, 5.41) is 15.1. The van der Waals surface area contributed by atoms with Gasteiger partial charge in [0.1, 0.15) is 17.9 Å². The summed E-state index contributed by atoms with van der Waals surface area (Å²) in [6, 6.07) is 8.41. The Labute approximate surface area is 167 Å². The van der Waals surface area contributed by atoms with Crippen LogP contribution in [0.3, 0.4) is 0 Å². The molecule has 0 saturated heterocycles. The topological polar surface area (TPSA) is 76.4 Å². The van der Waals surface area contributed by atoms with E-state index in [4.69, 9.17) is 4.74 Å². The molecule has 2 aromatic rings. The molecule has 7 nitrogen and oxygen atoms in total. The van der Waals surface area contributed by atoms with Gasteiger partial charge in [-0.05, 0) is 18.9 Å². The second-order valence-electron chi connectivity index (χ2n) is 7.33. The molecule has 0 amide bonds. The summed E-state index contributed by atoms with van der Waals surface area (Å²) in [7, 11) is 3.57.